The lowest BCUT2D eigenvalue weighted by molar-refractivity contribution is -0.187. The number of carbonyl (C=O) groups excluding carboxylic acids is 2. The summed E-state index contributed by atoms with van der Waals surface area (Å²) in [6.07, 6.45) is -3.82. The normalized spacial score (nSPS) is 27.7. The summed E-state index contributed by atoms with van der Waals surface area (Å²) in [5.74, 6) is -1.92. The van der Waals surface area contributed by atoms with Gasteiger partial charge in [-0.3, -0.25) is 9.69 Å². The van der Waals surface area contributed by atoms with Crippen molar-refractivity contribution in [3.8, 4) is 0 Å². The molecule has 0 aliphatic carbocycles. The van der Waals surface area contributed by atoms with E-state index in [0.29, 0.717) is 23.6 Å². The van der Waals surface area contributed by atoms with Gasteiger partial charge in [0, 0.05) is 11.6 Å². The summed E-state index contributed by atoms with van der Waals surface area (Å²) in [5, 5.41) is 3.14. The molecular formula is C17H19ClF3N3O2. The van der Waals surface area contributed by atoms with Crippen molar-refractivity contribution in [3.63, 3.8) is 0 Å². The van der Waals surface area contributed by atoms with E-state index < -0.39 is 29.6 Å². The van der Waals surface area contributed by atoms with E-state index in [9.17, 15) is 22.8 Å². The first-order valence-corrected chi connectivity index (χ1v) is 8.68. The second-order valence-electron chi connectivity index (χ2n) is 6.89. The molecule has 0 saturated carbocycles. The molecule has 3 amide bonds. The SMILES string of the molecule is C[C@]1(c2ccc(Cl)cc2)NC(=O)N(CN2CCC[C@H](C(F)(F)F)C2)C1=O. The van der Waals surface area contributed by atoms with E-state index in [-0.39, 0.29) is 19.6 Å². The van der Waals surface area contributed by atoms with Crippen LogP contribution in [0.1, 0.15) is 25.3 Å². The number of benzene rings is 1. The zero-order valence-electron chi connectivity index (χ0n) is 14.1. The van der Waals surface area contributed by atoms with Crippen LogP contribution in [0.15, 0.2) is 24.3 Å². The fourth-order valence-corrected chi connectivity index (χ4v) is 3.58. The summed E-state index contributed by atoms with van der Waals surface area (Å²) in [4.78, 5) is 27.6. The Bertz CT molecular complexity index is 710. The van der Waals surface area contributed by atoms with Gasteiger partial charge in [-0.25, -0.2) is 9.69 Å². The van der Waals surface area contributed by atoms with Crippen molar-refractivity contribution in [2.75, 3.05) is 19.8 Å². The first-order chi connectivity index (χ1) is 12.1. The van der Waals surface area contributed by atoms with Gasteiger partial charge in [0.15, 0.2) is 0 Å². The van der Waals surface area contributed by atoms with Crippen LogP contribution in [0.25, 0.3) is 0 Å². The number of imide groups is 1. The van der Waals surface area contributed by atoms with Gasteiger partial charge in [-0.1, -0.05) is 23.7 Å². The van der Waals surface area contributed by atoms with Gasteiger partial charge in [0.1, 0.15) is 5.54 Å². The third kappa shape index (κ3) is 3.53. The maximum atomic E-state index is 13.0. The van der Waals surface area contributed by atoms with Crippen LogP contribution < -0.4 is 5.32 Å². The molecule has 2 atom stereocenters. The smallest absolute Gasteiger partial charge is 0.319 e. The summed E-state index contributed by atoms with van der Waals surface area (Å²) in [5.41, 5.74) is -0.699. The number of hydrogen-bond acceptors (Lipinski definition) is 3. The molecule has 2 saturated heterocycles. The van der Waals surface area contributed by atoms with E-state index in [1.54, 1.807) is 31.2 Å². The molecule has 2 aliphatic heterocycles. The topological polar surface area (TPSA) is 52.7 Å². The van der Waals surface area contributed by atoms with Crippen LogP contribution in [0, 0.1) is 5.92 Å². The molecule has 0 unspecified atom stereocenters. The molecule has 0 bridgehead atoms. The minimum Gasteiger partial charge on any atom is -0.319 e. The predicted octanol–water partition coefficient (Wildman–Crippen LogP) is 3.34. The van der Waals surface area contributed by atoms with Crippen LogP contribution in [-0.4, -0.2) is 47.7 Å². The second kappa shape index (κ2) is 6.74. The molecule has 0 aromatic heterocycles. The summed E-state index contributed by atoms with van der Waals surface area (Å²) in [6, 6.07) is 5.91. The first kappa shape index (κ1) is 19.0. The Morgan fingerprint density at radius 2 is 1.92 bits per heavy atom. The summed E-state index contributed by atoms with van der Waals surface area (Å²) < 4.78 is 38.9. The Morgan fingerprint density at radius 3 is 2.54 bits per heavy atom. The molecule has 1 N–H and O–H groups in total. The average Bonchev–Trinajstić information content (AvgIpc) is 2.79. The lowest BCUT2D eigenvalue weighted by Gasteiger charge is -2.35. The predicted molar refractivity (Wildman–Crippen MR) is 89.4 cm³/mol. The maximum absolute atomic E-state index is 13.0. The second-order valence-corrected chi connectivity index (χ2v) is 7.33. The van der Waals surface area contributed by atoms with Gasteiger partial charge in [0.2, 0.25) is 0 Å². The molecule has 2 heterocycles. The summed E-state index contributed by atoms with van der Waals surface area (Å²) in [6.45, 7) is 1.63. The molecule has 1 aromatic carbocycles. The quantitative estimate of drug-likeness (QED) is 0.807. The Morgan fingerprint density at radius 1 is 1.27 bits per heavy atom. The highest BCUT2D eigenvalue weighted by molar-refractivity contribution is 6.30. The van der Waals surface area contributed by atoms with Gasteiger partial charge >= 0.3 is 12.2 Å². The summed E-state index contributed by atoms with van der Waals surface area (Å²) in [7, 11) is 0. The minimum absolute atomic E-state index is 0.0721. The van der Waals surface area contributed by atoms with Gasteiger partial charge in [0.05, 0.1) is 12.6 Å². The minimum atomic E-state index is -4.27. The van der Waals surface area contributed by atoms with Crippen molar-refractivity contribution >= 4 is 23.5 Å². The van der Waals surface area contributed by atoms with Gasteiger partial charge in [-0.2, -0.15) is 13.2 Å². The third-order valence-electron chi connectivity index (χ3n) is 5.01. The average molecular weight is 390 g/mol. The van der Waals surface area contributed by atoms with Crippen molar-refractivity contribution < 1.29 is 22.8 Å². The highest BCUT2D eigenvalue weighted by Gasteiger charge is 2.50. The van der Waals surface area contributed by atoms with E-state index in [4.69, 9.17) is 11.6 Å². The Hall–Kier alpha value is -1.80. The zero-order valence-corrected chi connectivity index (χ0v) is 14.9. The number of nitrogens with one attached hydrogen (secondary N) is 1. The number of carbonyl (C=O) groups is 2. The highest BCUT2D eigenvalue weighted by Crippen LogP contribution is 2.34. The van der Waals surface area contributed by atoms with E-state index in [1.807, 2.05) is 0 Å². The lowest BCUT2D eigenvalue weighted by Crippen LogP contribution is -2.48. The molecule has 0 radical (unpaired) electrons. The largest absolute Gasteiger partial charge is 0.393 e. The Kier molecular flexibility index (Phi) is 4.92. The third-order valence-corrected chi connectivity index (χ3v) is 5.26. The molecule has 9 heteroatoms. The molecule has 1 aromatic rings. The molecule has 0 spiro atoms. The van der Waals surface area contributed by atoms with Crippen molar-refractivity contribution in [1.29, 1.82) is 0 Å². The number of urea groups is 1. The fourth-order valence-electron chi connectivity index (χ4n) is 3.46. The number of rotatable bonds is 3. The number of nitrogens with zero attached hydrogens (tertiary/aromatic N) is 2. The van der Waals surface area contributed by atoms with Gasteiger partial charge in [-0.05, 0) is 44.0 Å². The number of likely N-dealkylation sites (tertiary alicyclic amines) is 1. The molecule has 2 fully saturated rings. The Labute approximate surface area is 154 Å². The fraction of sp³-hybridized carbons (Fsp3) is 0.529. The van der Waals surface area contributed by atoms with Gasteiger partial charge < -0.3 is 5.32 Å². The van der Waals surface area contributed by atoms with Crippen molar-refractivity contribution in [1.82, 2.24) is 15.1 Å². The van der Waals surface area contributed by atoms with Crippen molar-refractivity contribution in [3.05, 3.63) is 34.9 Å². The van der Waals surface area contributed by atoms with E-state index in [1.165, 1.54) is 4.90 Å². The van der Waals surface area contributed by atoms with E-state index in [2.05, 4.69) is 5.32 Å². The molecule has 26 heavy (non-hydrogen) atoms. The zero-order chi connectivity index (χ0) is 19.1. The van der Waals surface area contributed by atoms with Gasteiger partial charge in [0.25, 0.3) is 5.91 Å². The van der Waals surface area contributed by atoms with Crippen LogP contribution in [-0.2, 0) is 10.3 Å². The number of alkyl halides is 3. The molecule has 142 valence electrons. The van der Waals surface area contributed by atoms with Crippen molar-refractivity contribution in [2.45, 2.75) is 31.5 Å². The standard InChI is InChI=1S/C17H19ClF3N3O2/c1-16(11-4-6-13(18)7-5-11)14(25)24(15(26)22-16)10-23-8-2-3-12(9-23)17(19,20)21/h4-7,12H,2-3,8-10H2,1H3,(H,22,26)/t12-,16+/m0/s1. The maximum Gasteiger partial charge on any atom is 0.393 e. The van der Waals surface area contributed by atoms with Crippen LogP contribution in [0.5, 0.6) is 0 Å². The number of amides is 3. The first-order valence-electron chi connectivity index (χ1n) is 8.30. The van der Waals surface area contributed by atoms with Crippen LogP contribution >= 0.6 is 11.6 Å². The monoisotopic (exact) mass is 389 g/mol. The lowest BCUT2D eigenvalue weighted by atomic mass is 9.92. The number of hydrogen-bond donors (Lipinski definition) is 1. The van der Waals surface area contributed by atoms with Crippen LogP contribution in [0.4, 0.5) is 18.0 Å². The van der Waals surface area contributed by atoms with Crippen LogP contribution in [0.3, 0.4) is 0 Å². The summed E-state index contributed by atoms with van der Waals surface area (Å²) >= 11 is 5.86. The molecule has 5 nitrogen and oxygen atoms in total. The molecular weight excluding hydrogens is 371 g/mol. The van der Waals surface area contributed by atoms with E-state index in [0.717, 1.165) is 4.90 Å². The van der Waals surface area contributed by atoms with Crippen molar-refractivity contribution in [2.24, 2.45) is 5.92 Å². The Balaban J connectivity index is 1.74. The molecule has 2 aliphatic rings. The molecule has 3 rings (SSSR count). The highest BCUT2D eigenvalue weighted by atomic mass is 35.5. The van der Waals surface area contributed by atoms with E-state index >= 15 is 0 Å². The number of halogens is 4. The number of piperidine rings is 1. The van der Waals surface area contributed by atoms with Gasteiger partial charge in [-0.15, -0.1) is 0 Å². The van der Waals surface area contributed by atoms with Crippen LogP contribution in [0.2, 0.25) is 5.02 Å².